The smallest absolute Gasteiger partial charge is 0.0659 e. The molecule has 0 amide bonds. The van der Waals surface area contributed by atoms with E-state index in [1.165, 1.54) is 32.1 Å². The molecule has 0 heterocycles. The molecular formula is C11H15N. The third kappa shape index (κ3) is 1.39. The molecule has 1 atom stereocenters. The lowest BCUT2D eigenvalue weighted by molar-refractivity contribution is 0.496. The first-order valence-corrected chi connectivity index (χ1v) is 4.99. The summed E-state index contributed by atoms with van der Waals surface area (Å²) in [5.41, 5.74) is 3.34. The molecule has 1 nitrogen and oxygen atoms in total. The fraction of sp³-hybridized carbons (Fsp3) is 0.727. The molecule has 2 aliphatic carbocycles. The van der Waals surface area contributed by atoms with Crippen molar-refractivity contribution in [1.82, 2.24) is 0 Å². The zero-order chi connectivity index (χ0) is 8.39. The lowest BCUT2D eigenvalue weighted by Gasteiger charge is -2.27. The monoisotopic (exact) mass is 161 g/mol. The Kier molecular flexibility index (Phi) is 2.17. The molecule has 0 N–H and O–H groups in total. The Morgan fingerprint density at radius 1 is 1.08 bits per heavy atom. The summed E-state index contributed by atoms with van der Waals surface area (Å²) in [5.74, 6) is 0.335. The number of nitrogens with zero attached hydrogens (tertiary/aromatic N) is 1. The van der Waals surface area contributed by atoms with Gasteiger partial charge in [-0.25, -0.2) is 0 Å². The minimum atomic E-state index is 0.335. The third-order valence-electron chi connectivity index (χ3n) is 3.18. The molecular weight excluding hydrogens is 146 g/mol. The lowest BCUT2D eigenvalue weighted by atomic mass is 9.78. The van der Waals surface area contributed by atoms with Gasteiger partial charge >= 0.3 is 0 Å². The molecule has 0 saturated heterocycles. The Bertz CT molecular complexity index is 244. The van der Waals surface area contributed by atoms with Crippen molar-refractivity contribution in [2.75, 3.05) is 0 Å². The van der Waals surface area contributed by atoms with E-state index in [1.54, 1.807) is 11.1 Å². The number of hydrogen-bond acceptors (Lipinski definition) is 1. The number of nitriles is 1. The number of allylic oxidation sites excluding steroid dienone is 2. The molecule has 1 unspecified atom stereocenters. The van der Waals surface area contributed by atoms with E-state index in [0.29, 0.717) is 5.92 Å². The van der Waals surface area contributed by atoms with Crippen LogP contribution in [0.2, 0.25) is 0 Å². The van der Waals surface area contributed by atoms with Crippen LogP contribution in [0.15, 0.2) is 11.1 Å². The van der Waals surface area contributed by atoms with E-state index in [-0.39, 0.29) is 0 Å². The van der Waals surface area contributed by atoms with Crippen LogP contribution in [0.1, 0.15) is 44.9 Å². The van der Waals surface area contributed by atoms with Crippen molar-refractivity contribution in [1.29, 1.82) is 5.26 Å². The van der Waals surface area contributed by atoms with Crippen molar-refractivity contribution in [3.8, 4) is 6.07 Å². The molecule has 2 aliphatic rings. The second-order valence-electron chi connectivity index (χ2n) is 3.98. The number of hydrogen-bond donors (Lipinski definition) is 0. The van der Waals surface area contributed by atoms with Crippen LogP contribution in [-0.2, 0) is 0 Å². The van der Waals surface area contributed by atoms with E-state index in [9.17, 15) is 0 Å². The number of rotatable bonds is 0. The zero-order valence-corrected chi connectivity index (χ0v) is 7.47. The highest BCUT2D eigenvalue weighted by Crippen LogP contribution is 2.37. The highest BCUT2D eigenvalue weighted by molar-refractivity contribution is 5.22. The predicted molar refractivity (Wildman–Crippen MR) is 48.4 cm³/mol. The average Bonchev–Trinajstić information content (AvgIpc) is 2.17. The van der Waals surface area contributed by atoms with Crippen LogP contribution in [0.25, 0.3) is 0 Å². The third-order valence-corrected chi connectivity index (χ3v) is 3.18. The Morgan fingerprint density at radius 2 is 1.83 bits per heavy atom. The van der Waals surface area contributed by atoms with Gasteiger partial charge in [-0.2, -0.15) is 5.26 Å². The van der Waals surface area contributed by atoms with Crippen LogP contribution in [0.5, 0.6) is 0 Å². The first kappa shape index (κ1) is 7.86. The molecule has 0 aromatic heterocycles. The molecule has 12 heavy (non-hydrogen) atoms. The largest absolute Gasteiger partial charge is 0.198 e. The van der Waals surface area contributed by atoms with Gasteiger partial charge < -0.3 is 0 Å². The summed E-state index contributed by atoms with van der Waals surface area (Å²) in [6.45, 7) is 0. The van der Waals surface area contributed by atoms with Crippen LogP contribution < -0.4 is 0 Å². The van der Waals surface area contributed by atoms with Gasteiger partial charge in [0, 0.05) is 0 Å². The Labute approximate surface area is 74.1 Å². The first-order chi connectivity index (χ1) is 5.90. The van der Waals surface area contributed by atoms with Gasteiger partial charge in [-0.3, -0.25) is 0 Å². The van der Waals surface area contributed by atoms with Gasteiger partial charge in [-0.1, -0.05) is 11.1 Å². The fourth-order valence-electron chi connectivity index (χ4n) is 2.44. The molecule has 0 saturated carbocycles. The van der Waals surface area contributed by atoms with Gasteiger partial charge in [-0.05, 0) is 44.9 Å². The summed E-state index contributed by atoms with van der Waals surface area (Å²) in [4.78, 5) is 0. The highest BCUT2D eigenvalue weighted by atomic mass is 14.3. The molecule has 0 radical (unpaired) electrons. The lowest BCUT2D eigenvalue weighted by Crippen LogP contribution is -2.11. The molecule has 0 aromatic rings. The van der Waals surface area contributed by atoms with Crippen molar-refractivity contribution in [3.05, 3.63) is 11.1 Å². The topological polar surface area (TPSA) is 23.8 Å². The zero-order valence-electron chi connectivity index (χ0n) is 7.47. The van der Waals surface area contributed by atoms with Gasteiger partial charge in [-0.15, -0.1) is 0 Å². The van der Waals surface area contributed by atoms with Crippen molar-refractivity contribution in [2.45, 2.75) is 44.9 Å². The fourth-order valence-corrected chi connectivity index (χ4v) is 2.44. The van der Waals surface area contributed by atoms with Crippen molar-refractivity contribution >= 4 is 0 Å². The SMILES string of the molecule is N#CC1CCC2=C(CCCC2)C1. The summed E-state index contributed by atoms with van der Waals surface area (Å²) in [5, 5.41) is 8.81. The van der Waals surface area contributed by atoms with Crippen molar-refractivity contribution in [2.24, 2.45) is 5.92 Å². The molecule has 0 spiro atoms. The Hall–Kier alpha value is -0.770. The maximum Gasteiger partial charge on any atom is 0.0659 e. The molecule has 0 aromatic carbocycles. The van der Waals surface area contributed by atoms with Crippen molar-refractivity contribution < 1.29 is 0 Å². The average molecular weight is 161 g/mol. The Balaban J connectivity index is 2.12. The van der Waals surface area contributed by atoms with E-state index < -0.39 is 0 Å². The maximum absolute atomic E-state index is 8.81. The van der Waals surface area contributed by atoms with E-state index >= 15 is 0 Å². The first-order valence-electron chi connectivity index (χ1n) is 4.99. The van der Waals surface area contributed by atoms with Gasteiger partial charge in [0.15, 0.2) is 0 Å². The van der Waals surface area contributed by atoms with Gasteiger partial charge in [0.25, 0.3) is 0 Å². The van der Waals surface area contributed by atoms with Crippen LogP contribution in [-0.4, -0.2) is 0 Å². The molecule has 64 valence electrons. The second kappa shape index (κ2) is 3.31. The van der Waals surface area contributed by atoms with Crippen LogP contribution >= 0.6 is 0 Å². The normalized spacial score (nSPS) is 29.4. The van der Waals surface area contributed by atoms with E-state index in [0.717, 1.165) is 12.8 Å². The Morgan fingerprint density at radius 3 is 2.58 bits per heavy atom. The highest BCUT2D eigenvalue weighted by Gasteiger charge is 2.22. The van der Waals surface area contributed by atoms with Crippen LogP contribution in [0.4, 0.5) is 0 Å². The molecule has 0 aliphatic heterocycles. The van der Waals surface area contributed by atoms with E-state index in [2.05, 4.69) is 6.07 Å². The summed E-state index contributed by atoms with van der Waals surface area (Å²) >= 11 is 0. The van der Waals surface area contributed by atoms with Gasteiger partial charge in [0.1, 0.15) is 0 Å². The van der Waals surface area contributed by atoms with E-state index in [4.69, 9.17) is 5.26 Å². The molecule has 0 fully saturated rings. The second-order valence-corrected chi connectivity index (χ2v) is 3.98. The minimum Gasteiger partial charge on any atom is -0.198 e. The summed E-state index contributed by atoms with van der Waals surface area (Å²) in [7, 11) is 0. The summed E-state index contributed by atoms with van der Waals surface area (Å²) in [6, 6.07) is 2.40. The van der Waals surface area contributed by atoms with Crippen LogP contribution in [0.3, 0.4) is 0 Å². The molecule has 0 bridgehead atoms. The maximum atomic E-state index is 8.81. The molecule has 2 rings (SSSR count). The van der Waals surface area contributed by atoms with Gasteiger partial charge in [0.05, 0.1) is 12.0 Å². The van der Waals surface area contributed by atoms with Crippen LogP contribution in [0, 0.1) is 17.2 Å². The quantitative estimate of drug-likeness (QED) is 0.500. The van der Waals surface area contributed by atoms with Gasteiger partial charge in [0.2, 0.25) is 0 Å². The predicted octanol–water partition coefficient (Wildman–Crippen LogP) is 3.18. The summed E-state index contributed by atoms with van der Waals surface area (Å²) < 4.78 is 0. The summed E-state index contributed by atoms with van der Waals surface area (Å²) in [6.07, 6.45) is 8.78. The van der Waals surface area contributed by atoms with E-state index in [1.807, 2.05) is 0 Å². The molecule has 1 heteroatoms. The minimum absolute atomic E-state index is 0.335. The van der Waals surface area contributed by atoms with Crippen molar-refractivity contribution in [3.63, 3.8) is 0 Å². The standard InChI is InChI=1S/C11H15N/c12-8-9-5-6-10-3-1-2-4-11(10)7-9/h9H,1-7H2.